The Morgan fingerprint density at radius 3 is 2.61 bits per heavy atom. The van der Waals surface area contributed by atoms with Gasteiger partial charge in [-0.15, -0.1) is 0 Å². The van der Waals surface area contributed by atoms with E-state index in [1.54, 1.807) is 0 Å². The highest BCUT2D eigenvalue weighted by Crippen LogP contribution is 2.38. The first kappa shape index (κ1) is 27.4. The maximum Gasteiger partial charge on any atom is 0.418 e. The SMILES string of the molecule is O=C(NC1(C(=O)NCc2ncc(Nc3ccc(Cl)cc3C(F)(F)F)cc2Cl)CCOC1)c1cn[nH]c(=O)c1. The van der Waals surface area contributed by atoms with Crippen molar-refractivity contribution in [1.29, 1.82) is 0 Å². The van der Waals surface area contributed by atoms with Crippen molar-refractivity contribution in [2.24, 2.45) is 0 Å². The highest BCUT2D eigenvalue weighted by atomic mass is 35.5. The summed E-state index contributed by atoms with van der Waals surface area (Å²) in [6.07, 6.45) is -2.05. The first-order valence-electron chi connectivity index (χ1n) is 11.0. The molecule has 0 bridgehead atoms. The van der Waals surface area contributed by atoms with Crippen LogP contribution in [-0.4, -0.2) is 45.7 Å². The number of amides is 2. The number of halogens is 5. The van der Waals surface area contributed by atoms with Crippen molar-refractivity contribution in [2.75, 3.05) is 18.5 Å². The van der Waals surface area contributed by atoms with E-state index in [4.69, 9.17) is 27.9 Å². The van der Waals surface area contributed by atoms with Gasteiger partial charge in [-0.1, -0.05) is 23.2 Å². The van der Waals surface area contributed by atoms with Crippen LogP contribution in [0.1, 0.15) is 28.0 Å². The van der Waals surface area contributed by atoms with Crippen molar-refractivity contribution in [3.05, 3.63) is 79.9 Å². The topological polar surface area (TPSA) is 138 Å². The number of benzene rings is 1. The Morgan fingerprint density at radius 1 is 1.16 bits per heavy atom. The number of aromatic amines is 1. The van der Waals surface area contributed by atoms with Crippen LogP contribution in [-0.2, 0) is 22.3 Å². The zero-order chi connectivity index (χ0) is 27.5. The van der Waals surface area contributed by atoms with Crippen LogP contribution in [0.5, 0.6) is 0 Å². The molecule has 1 aliphatic rings. The van der Waals surface area contributed by atoms with E-state index in [0.29, 0.717) is 0 Å². The minimum Gasteiger partial charge on any atom is -0.378 e. The second kappa shape index (κ2) is 11.0. The maximum absolute atomic E-state index is 13.4. The van der Waals surface area contributed by atoms with Gasteiger partial charge in [-0.25, -0.2) is 5.10 Å². The van der Waals surface area contributed by atoms with E-state index >= 15 is 0 Å². The first-order chi connectivity index (χ1) is 18.0. The molecule has 1 aromatic carbocycles. The van der Waals surface area contributed by atoms with Gasteiger partial charge in [0.1, 0.15) is 5.54 Å². The van der Waals surface area contributed by atoms with Gasteiger partial charge in [0.2, 0.25) is 5.91 Å². The number of rotatable bonds is 7. The van der Waals surface area contributed by atoms with Crippen LogP contribution in [0.25, 0.3) is 0 Å². The average molecular weight is 571 g/mol. The molecule has 4 N–H and O–H groups in total. The van der Waals surface area contributed by atoms with Crippen LogP contribution in [0.4, 0.5) is 24.5 Å². The van der Waals surface area contributed by atoms with Crippen LogP contribution in [0.15, 0.2) is 47.5 Å². The number of H-pyrrole nitrogens is 1. The molecule has 2 aromatic heterocycles. The molecule has 0 radical (unpaired) electrons. The number of ether oxygens (including phenoxy) is 1. The van der Waals surface area contributed by atoms with Crippen molar-refractivity contribution in [2.45, 2.75) is 24.7 Å². The number of pyridine rings is 1. The Morgan fingerprint density at radius 2 is 1.95 bits per heavy atom. The summed E-state index contributed by atoms with van der Waals surface area (Å²) in [6.45, 7) is -0.0317. The second-order valence-corrected chi connectivity index (χ2v) is 9.16. The third-order valence-electron chi connectivity index (χ3n) is 5.64. The minimum atomic E-state index is -4.64. The molecular formula is C23H19Cl2F3N6O4. The van der Waals surface area contributed by atoms with E-state index in [0.717, 1.165) is 18.3 Å². The molecule has 10 nitrogen and oxygen atoms in total. The molecule has 1 atom stereocenters. The normalized spacial score (nSPS) is 17.2. The summed E-state index contributed by atoms with van der Waals surface area (Å²) in [7, 11) is 0. The number of nitrogens with one attached hydrogen (secondary N) is 4. The number of alkyl halides is 3. The fraction of sp³-hybridized carbons (Fsp3) is 0.261. The second-order valence-electron chi connectivity index (χ2n) is 8.32. The summed E-state index contributed by atoms with van der Waals surface area (Å²) in [5.74, 6) is -1.26. The summed E-state index contributed by atoms with van der Waals surface area (Å²) >= 11 is 12.0. The summed E-state index contributed by atoms with van der Waals surface area (Å²) in [6, 6.07) is 5.71. The molecule has 1 fully saturated rings. The average Bonchev–Trinajstić information content (AvgIpc) is 3.33. The lowest BCUT2D eigenvalue weighted by atomic mass is 9.96. The Labute approximate surface area is 222 Å². The highest BCUT2D eigenvalue weighted by molar-refractivity contribution is 6.31. The monoisotopic (exact) mass is 570 g/mol. The van der Waals surface area contributed by atoms with E-state index in [-0.39, 0.29) is 58.9 Å². The number of aromatic nitrogens is 3. The zero-order valence-corrected chi connectivity index (χ0v) is 20.8. The van der Waals surface area contributed by atoms with Gasteiger partial charge in [0.05, 0.1) is 58.8 Å². The molecule has 3 heterocycles. The Hall–Kier alpha value is -3.68. The molecule has 3 aromatic rings. The number of carbonyl (C=O) groups excluding carboxylic acids is 2. The number of anilines is 2. The molecule has 200 valence electrons. The van der Waals surface area contributed by atoms with Crippen LogP contribution in [0.3, 0.4) is 0 Å². The molecule has 1 saturated heterocycles. The molecule has 0 saturated carbocycles. The van der Waals surface area contributed by atoms with Gasteiger partial charge in [-0.05, 0) is 24.3 Å². The van der Waals surface area contributed by atoms with Gasteiger partial charge >= 0.3 is 6.18 Å². The van der Waals surface area contributed by atoms with Crippen molar-refractivity contribution in [1.82, 2.24) is 25.8 Å². The van der Waals surface area contributed by atoms with Crippen LogP contribution >= 0.6 is 23.2 Å². The van der Waals surface area contributed by atoms with Gasteiger partial charge in [0.15, 0.2) is 0 Å². The molecular weight excluding hydrogens is 552 g/mol. The van der Waals surface area contributed by atoms with Gasteiger partial charge in [0.25, 0.3) is 11.5 Å². The highest BCUT2D eigenvalue weighted by Gasteiger charge is 2.44. The van der Waals surface area contributed by atoms with E-state index < -0.39 is 34.7 Å². The van der Waals surface area contributed by atoms with Crippen LogP contribution in [0, 0.1) is 0 Å². The van der Waals surface area contributed by atoms with E-state index in [1.165, 1.54) is 24.4 Å². The van der Waals surface area contributed by atoms with Crippen molar-refractivity contribution in [3.8, 4) is 0 Å². The Balaban J connectivity index is 1.45. The fourth-order valence-electron chi connectivity index (χ4n) is 3.70. The van der Waals surface area contributed by atoms with Gasteiger partial charge < -0.3 is 20.7 Å². The molecule has 0 aliphatic carbocycles. The minimum absolute atomic E-state index is 0.0324. The maximum atomic E-state index is 13.4. The Kier molecular flexibility index (Phi) is 7.90. The predicted octanol–water partition coefficient (Wildman–Crippen LogP) is 3.44. The van der Waals surface area contributed by atoms with Gasteiger partial charge in [0, 0.05) is 24.1 Å². The summed E-state index contributed by atoms with van der Waals surface area (Å²) in [5.41, 5.74) is -2.81. The summed E-state index contributed by atoms with van der Waals surface area (Å²) in [5, 5.41) is 13.6. The lowest BCUT2D eigenvalue weighted by Crippen LogP contribution is -2.59. The molecule has 2 amide bonds. The van der Waals surface area contributed by atoms with E-state index in [2.05, 4.69) is 31.1 Å². The van der Waals surface area contributed by atoms with Gasteiger partial charge in [-0.2, -0.15) is 18.3 Å². The molecule has 38 heavy (non-hydrogen) atoms. The smallest absolute Gasteiger partial charge is 0.378 e. The predicted molar refractivity (Wildman–Crippen MR) is 131 cm³/mol. The van der Waals surface area contributed by atoms with Crippen LogP contribution in [0.2, 0.25) is 10.0 Å². The number of hydrogen-bond donors (Lipinski definition) is 4. The summed E-state index contributed by atoms with van der Waals surface area (Å²) in [4.78, 5) is 41.3. The largest absolute Gasteiger partial charge is 0.418 e. The third-order valence-corrected chi connectivity index (χ3v) is 6.20. The zero-order valence-electron chi connectivity index (χ0n) is 19.3. The lowest BCUT2D eigenvalue weighted by molar-refractivity contribution is -0.137. The van der Waals surface area contributed by atoms with Crippen LogP contribution < -0.4 is 21.5 Å². The molecule has 0 spiro atoms. The fourth-order valence-corrected chi connectivity index (χ4v) is 4.11. The van der Waals surface area contributed by atoms with Crippen molar-refractivity contribution >= 4 is 46.4 Å². The third kappa shape index (κ3) is 6.23. The molecule has 15 heteroatoms. The van der Waals surface area contributed by atoms with E-state index in [9.17, 15) is 27.6 Å². The number of carbonyl (C=O) groups is 2. The van der Waals surface area contributed by atoms with Gasteiger partial charge in [-0.3, -0.25) is 19.4 Å². The lowest BCUT2D eigenvalue weighted by Gasteiger charge is -2.27. The van der Waals surface area contributed by atoms with Crippen molar-refractivity contribution < 1.29 is 27.5 Å². The standard InChI is InChI=1S/C23H19Cl2F3N6O4/c24-13-1-2-17(15(6-13)23(26,27)28)32-14-7-16(25)18(29-9-14)10-30-21(37)22(3-4-38-11-22)33-20(36)12-5-19(35)34-31-8-12/h1-2,5-9,32H,3-4,10-11H2,(H,30,37)(H,33,36)(H,34,35). The molecule has 4 rings (SSSR count). The molecule has 1 unspecified atom stereocenters. The first-order valence-corrected chi connectivity index (χ1v) is 11.7. The number of nitrogens with zero attached hydrogens (tertiary/aromatic N) is 2. The van der Waals surface area contributed by atoms with Crippen molar-refractivity contribution in [3.63, 3.8) is 0 Å². The quantitative estimate of drug-likeness (QED) is 0.341. The summed E-state index contributed by atoms with van der Waals surface area (Å²) < 4.78 is 45.4. The molecule has 1 aliphatic heterocycles. The Bertz CT molecular complexity index is 1430. The van der Waals surface area contributed by atoms with E-state index in [1.807, 2.05) is 0 Å². The number of hydrogen-bond acceptors (Lipinski definition) is 7.